The summed E-state index contributed by atoms with van der Waals surface area (Å²) in [5.74, 6) is 1.38. The van der Waals surface area contributed by atoms with E-state index in [1.807, 2.05) is 0 Å². The maximum absolute atomic E-state index is 5.72. The third kappa shape index (κ3) is 8.13. The zero-order valence-corrected chi connectivity index (χ0v) is 45.5. The predicted octanol–water partition coefficient (Wildman–Crippen LogP) is 19.6. The Morgan fingerprint density at radius 2 is 0.512 bits per heavy atom. The maximum Gasteiger partial charge on any atom is 0.241 e. The van der Waals surface area contributed by atoms with Crippen LogP contribution in [-0.4, -0.2) is 28.7 Å². The first-order valence-electron chi connectivity index (χ1n) is 28.3. The molecule has 12 aromatic carbocycles. The number of aromatic nitrogens is 6. The molecule has 0 spiro atoms. The van der Waals surface area contributed by atoms with Crippen molar-refractivity contribution in [2.45, 2.75) is 0 Å². The van der Waals surface area contributed by atoms with E-state index in [1.165, 1.54) is 5.39 Å². The molecule has 0 aliphatic carbocycles. The molecular formula is C75H51N9. The summed E-state index contributed by atoms with van der Waals surface area (Å²) in [6.45, 7) is 0. The van der Waals surface area contributed by atoms with Crippen LogP contribution in [0.15, 0.2) is 309 Å². The molecule has 0 fully saturated rings. The lowest BCUT2D eigenvalue weighted by Crippen LogP contribution is -2.18. The van der Waals surface area contributed by atoms with Gasteiger partial charge in [0.05, 0.1) is 38.8 Å². The molecule has 9 nitrogen and oxygen atoms in total. The molecule has 0 saturated carbocycles. The summed E-state index contributed by atoms with van der Waals surface area (Å²) in [6.07, 6.45) is 0. The van der Waals surface area contributed by atoms with E-state index >= 15 is 0 Å². The minimum atomic E-state index is 0.446. The normalized spacial score (nSPS) is 11.6. The number of nitrogens with zero attached hydrogens (tertiary/aromatic N) is 9. The zero-order chi connectivity index (χ0) is 55.5. The highest BCUT2D eigenvalue weighted by Gasteiger charge is 2.27. The molecule has 0 bridgehead atoms. The van der Waals surface area contributed by atoms with E-state index in [4.69, 9.17) is 15.0 Å². The average molecular weight is 1080 g/mol. The Bertz CT molecular complexity index is 5000. The van der Waals surface area contributed by atoms with Crippen molar-refractivity contribution in [3.05, 3.63) is 309 Å². The average Bonchev–Trinajstić information content (AvgIpc) is 3.13. The Morgan fingerprint density at radius 1 is 0.202 bits per heavy atom. The van der Waals surface area contributed by atoms with Crippen LogP contribution in [0.4, 0.5) is 51.4 Å². The Kier molecular flexibility index (Phi) is 11.6. The van der Waals surface area contributed by atoms with Gasteiger partial charge in [0.15, 0.2) is 0 Å². The van der Waals surface area contributed by atoms with Crippen LogP contribution in [0, 0.1) is 0 Å². The number of para-hydroxylation sites is 9. The highest BCUT2D eigenvalue weighted by Crippen LogP contribution is 2.44. The molecule has 4 heterocycles. The number of anilines is 9. The van der Waals surface area contributed by atoms with Crippen LogP contribution >= 0.6 is 0 Å². The molecule has 16 aromatic rings. The van der Waals surface area contributed by atoms with Crippen molar-refractivity contribution in [2.75, 3.05) is 14.7 Å². The van der Waals surface area contributed by atoms with E-state index in [-0.39, 0.29) is 0 Å². The van der Waals surface area contributed by atoms with Crippen LogP contribution in [0.5, 0.6) is 0 Å². The van der Waals surface area contributed by atoms with Gasteiger partial charge in [0.1, 0.15) is 0 Å². The number of benzene rings is 12. The predicted molar refractivity (Wildman–Crippen MR) is 347 cm³/mol. The lowest BCUT2D eigenvalue weighted by molar-refractivity contribution is 0.878. The lowest BCUT2D eigenvalue weighted by atomic mass is 10.1. The van der Waals surface area contributed by atoms with Gasteiger partial charge in [-0.3, -0.25) is 14.0 Å². The van der Waals surface area contributed by atoms with Gasteiger partial charge in [-0.2, -0.15) is 15.0 Å². The van der Waals surface area contributed by atoms with Gasteiger partial charge in [-0.1, -0.05) is 176 Å². The van der Waals surface area contributed by atoms with Crippen LogP contribution in [0.2, 0.25) is 0 Å². The van der Waals surface area contributed by atoms with Crippen LogP contribution in [0.1, 0.15) is 0 Å². The molecule has 0 N–H and O–H groups in total. The van der Waals surface area contributed by atoms with Crippen molar-refractivity contribution >= 4 is 117 Å². The minimum Gasteiger partial charge on any atom is -0.310 e. The van der Waals surface area contributed by atoms with Crippen molar-refractivity contribution in [1.29, 1.82) is 0 Å². The first kappa shape index (κ1) is 48.4. The summed E-state index contributed by atoms with van der Waals surface area (Å²) in [5.41, 5.74) is 15.1. The molecule has 0 unspecified atom stereocenters. The summed E-state index contributed by atoms with van der Waals surface area (Å²) in [7, 11) is 0. The molecule has 396 valence electrons. The molecular weight excluding hydrogens is 1030 g/mol. The van der Waals surface area contributed by atoms with Gasteiger partial charge in [0.25, 0.3) is 0 Å². The van der Waals surface area contributed by atoms with Crippen molar-refractivity contribution < 1.29 is 0 Å². The van der Waals surface area contributed by atoms with E-state index in [9.17, 15) is 0 Å². The molecule has 0 atom stereocenters. The Morgan fingerprint density at radius 3 is 0.976 bits per heavy atom. The molecule has 0 saturated heterocycles. The highest BCUT2D eigenvalue weighted by molar-refractivity contribution is 6.13. The maximum atomic E-state index is 5.72. The summed E-state index contributed by atoms with van der Waals surface area (Å²) < 4.78 is 6.79. The molecule has 0 radical (unpaired) electrons. The SMILES string of the molecule is c1ccc(N(c2ccccc2)c2ccc3c(c2)c2ccccc2n3-c2nc(N(c3ccccc3)c3ccc4c5ccccc5n(-c5ccccc5)c4c3)nc(-n3c4ccccc4c4ccc(N(c5ccccc5)c5ccccc5)cc43)n2)cc1. The van der Waals surface area contributed by atoms with Crippen LogP contribution in [-0.2, 0) is 0 Å². The third-order valence-corrected chi connectivity index (χ3v) is 16.0. The number of fused-ring (bicyclic) bond motifs is 9. The van der Waals surface area contributed by atoms with Gasteiger partial charge in [0.2, 0.25) is 17.8 Å². The minimum absolute atomic E-state index is 0.446. The van der Waals surface area contributed by atoms with Crippen LogP contribution in [0.3, 0.4) is 0 Å². The van der Waals surface area contributed by atoms with E-state index < -0.39 is 0 Å². The third-order valence-electron chi connectivity index (χ3n) is 16.0. The lowest BCUT2D eigenvalue weighted by Gasteiger charge is -2.26. The second-order valence-electron chi connectivity index (χ2n) is 20.9. The molecule has 0 aliphatic heterocycles. The van der Waals surface area contributed by atoms with Crippen molar-refractivity contribution in [2.24, 2.45) is 0 Å². The highest BCUT2D eigenvalue weighted by atomic mass is 15.4. The van der Waals surface area contributed by atoms with Gasteiger partial charge in [-0.05, 0) is 133 Å². The van der Waals surface area contributed by atoms with Crippen molar-refractivity contribution in [1.82, 2.24) is 28.7 Å². The number of hydrogen-bond donors (Lipinski definition) is 0. The second kappa shape index (κ2) is 20.2. The second-order valence-corrected chi connectivity index (χ2v) is 20.9. The first-order valence-corrected chi connectivity index (χ1v) is 28.3. The quantitative estimate of drug-likeness (QED) is 0.121. The largest absolute Gasteiger partial charge is 0.310 e. The fourth-order valence-corrected chi connectivity index (χ4v) is 12.4. The fourth-order valence-electron chi connectivity index (χ4n) is 12.4. The Hall–Kier alpha value is -11.6. The van der Waals surface area contributed by atoms with Crippen LogP contribution in [0.25, 0.3) is 83.0 Å². The first-order chi connectivity index (χ1) is 41.7. The Labute approximate surface area is 484 Å². The van der Waals surface area contributed by atoms with Gasteiger partial charge >= 0.3 is 0 Å². The summed E-state index contributed by atoms with van der Waals surface area (Å²) >= 11 is 0. The topological polar surface area (TPSA) is 63.2 Å². The van der Waals surface area contributed by atoms with Gasteiger partial charge < -0.3 is 14.4 Å². The fraction of sp³-hybridized carbons (Fsp3) is 0. The van der Waals surface area contributed by atoms with Gasteiger partial charge in [-0.25, -0.2) is 0 Å². The molecule has 16 rings (SSSR count). The number of rotatable bonds is 12. The monoisotopic (exact) mass is 1080 g/mol. The van der Waals surface area contributed by atoms with E-state index in [0.29, 0.717) is 17.8 Å². The molecule has 9 heteroatoms. The summed E-state index contributed by atoms with van der Waals surface area (Å²) in [5, 5.41) is 6.61. The summed E-state index contributed by atoms with van der Waals surface area (Å²) in [6, 6.07) is 109. The molecule has 4 aromatic heterocycles. The number of hydrogen-bond acceptors (Lipinski definition) is 6. The standard InChI is InChI=1S/C75H51N9/c1-7-25-52(26-8-1)79(53-27-9-2-10-28-53)58-45-48-70-66(49-58)63-39-21-24-42-69(63)83(70)74-76-73(81(56-33-15-5-16-34-56)60-44-47-64-61-37-19-22-40-67(61)82(71(64)51-60)57-35-17-6-18-36-57)77-75(78-74)84-68-41-23-20-38-62(68)65-46-43-59(50-72(65)84)80(54-29-11-3-12-30-54)55-31-13-4-14-32-55/h1-51H. The molecule has 84 heavy (non-hydrogen) atoms. The van der Waals surface area contributed by atoms with Crippen LogP contribution < -0.4 is 14.7 Å². The van der Waals surface area contributed by atoms with Crippen molar-refractivity contribution in [3.63, 3.8) is 0 Å². The molecule has 0 aliphatic rings. The van der Waals surface area contributed by atoms with E-state index in [2.05, 4.69) is 338 Å². The summed E-state index contributed by atoms with van der Waals surface area (Å²) in [4.78, 5) is 23.9. The Balaban J connectivity index is 0.981. The van der Waals surface area contributed by atoms with E-state index in [1.54, 1.807) is 0 Å². The zero-order valence-electron chi connectivity index (χ0n) is 45.5. The van der Waals surface area contributed by atoms with Gasteiger partial charge in [-0.15, -0.1) is 0 Å². The smallest absolute Gasteiger partial charge is 0.241 e. The van der Waals surface area contributed by atoms with Gasteiger partial charge in [0, 0.05) is 77.8 Å². The molecule has 0 amide bonds. The van der Waals surface area contributed by atoms with E-state index in [0.717, 1.165) is 111 Å². The van der Waals surface area contributed by atoms with Crippen molar-refractivity contribution in [3.8, 4) is 17.6 Å².